The maximum absolute atomic E-state index is 13.2. The number of aliphatic hydroxyl groups is 1. The number of hydrogen-bond donors (Lipinski definition) is 1. The second-order valence-electron chi connectivity index (χ2n) is 7.46. The van der Waals surface area contributed by atoms with E-state index >= 15 is 0 Å². The smallest absolute Gasteiger partial charge is 0.266 e. The lowest BCUT2D eigenvalue weighted by Crippen LogP contribution is -2.46. The van der Waals surface area contributed by atoms with Gasteiger partial charge in [0, 0.05) is 25.1 Å². The molecule has 4 rings (SSSR count). The van der Waals surface area contributed by atoms with Gasteiger partial charge in [-0.2, -0.15) is 0 Å². The maximum Gasteiger partial charge on any atom is 0.266 e. The van der Waals surface area contributed by atoms with Crippen molar-refractivity contribution < 1.29 is 19.1 Å². The predicted octanol–water partition coefficient (Wildman–Crippen LogP) is 3.45. The fourth-order valence-electron chi connectivity index (χ4n) is 3.97. The molecule has 0 unspecified atom stereocenters. The molecule has 2 aliphatic rings. The maximum atomic E-state index is 13.2. The zero-order chi connectivity index (χ0) is 19.7. The molecule has 0 bridgehead atoms. The number of allylic oxidation sites excluding steroid dienone is 1. The molecule has 1 heterocycles. The van der Waals surface area contributed by atoms with Crippen LogP contribution in [-0.2, 0) is 22.4 Å². The molecule has 0 radical (unpaired) electrons. The van der Waals surface area contributed by atoms with Crippen LogP contribution in [0.1, 0.15) is 36.0 Å². The van der Waals surface area contributed by atoms with Crippen LogP contribution in [0.15, 0.2) is 48.5 Å². The number of ketones is 1. The summed E-state index contributed by atoms with van der Waals surface area (Å²) in [6.07, 6.45) is 6.13. The van der Waals surface area contributed by atoms with Gasteiger partial charge in [0.2, 0.25) is 5.60 Å². The fourth-order valence-corrected chi connectivity index (χ4v) is 3.97. The van der Waals surface area contributed by atoms with E-state index in [1.165, 1.54) is 22.6 Å². The minimum Gasteiger partial charge on any atom is -0.373 e. The average Bonchev–Trinajstić information content (AvgIpc) is 3.27. The summed E-state index contributed by atoms with van der Waals surface area (Å²) in [7, 11) is 0. The number of nitrogens with zero attached hydrogens (tertiary/aromatic N) is 1. The van der Waals surface area contributed by atoms with Gasteiger partial charge in [0.1, 0.15) is 5.82 Å². The average molecular weight is 379 g/mol. The topological polar surface area (TPSA) is 57.6 Å². The summed E-state index contributed by atoms with van der Waals surface area (Å²) in [6, 6.07) is 12.0. The van der Waals surface area contributed by atoms with Gasteiger partial charge >= 0.3 is 0 Å². The summed E-state index contributed by atoms with van der Waals surface area (Å²) < 4.78 is 13.2. The molecular weight excluding hydrogens is 357 g/mol. The largest absolute Gasteiger partial charge is 0.373 e. The number of halogens is 1. The Labute approximate surface area is 163 Å². The number of hydrogen-bond acceptors (Lipinski definition) is 3. The molecule has 4 nitrogen and oxygen atoms in total. The van der Waals surface area contributed by atoms with Crippen LogP contribution in [0.25, 0.3) is 6.08 Å². The normalized spacial score (nSPS) is 20.6. The summed E-state index contributed by atoms with van der Waals surface area (Å²) in [4.78, 5) is 26.9. The highest BCUT2D eigenvalue weighted by Crippen LogP contribution is 2.32. The first kappa shape index (κ1) is 18.6. The van der Waals surface area contributed by atoms with E-state index in [0.717, 1.165) is 17.5 Å². The van der Waals surface area contributed by atoms with Crippen molar-refractivity contribution in [3.05, 3.63) is 71.0 Å². The zero-order valence-corrected chi connectivity index (χ0v) is 15.5. The number of Topliss-reactive ketones (excluding diaryl/α,β-unsaturated/α-hetero) is 1. The Morgan fingerprint density at radius 3 is 2.89 bits per heavy atom. The Balaban J connectivity index is 1.41. The van der Waals surface area contributed by atoms with Crippen LogP contribution in [-0.4, -0.2) is 28.9 Å². The number of benzene rings is 2. The molecule has 144 valence electrons. The summed E-state index contributed by atoms with van der Waals surface area (Å²) in [6.45, 7) is 0.313. The molecule has 0 spiro atoms. The van der Waals surface area contributed by atoms with Crippen molar-refractivity contribution in [3.63, 3.8) is 0 Å². The monoisotopic (exact) mass is 379 g/mol. The lowest BCUT2D eigenvalue weighted by atomic mass is 9.92. The Bertz CT molecular complexity index is 968. The third-order valence-corrected chi connectivity index (χ3v) is 5.59. The van der Waals surface area contributed by atoms with Crippen molar-refractivity contribution >= 4 is 23.5 Å². The van der Waals surface area contributed by atoms with E-state index in [-0.39, 0.29) is 18.7 Å². The first-order valence-corrected chi connectivity index (χ1v) is 9.59. The zero-order valence-electron chi connectivity index (χ0n) is 15.5. The molecule has 1 saturated heterocycles. The molecule has 1 fully saturated rings. The van der Waals surface area contributed by atoms with Gasteiger partial charge < -0.3 is 10.0 Å². The van der Waals surface area contributed by atoms with E-state index in [0.29, 0.717) is 25.1 Å². The van der Waals surface area contributed by atoms with Crippen LogP contribution in [0.2, 0.25) is 0 Å². The Morgan fingerprint density at radius 1 is 1.21 bits per heavy atom. The summed E-state index contributed by atoms with van der Waals surface area (Å²) in [5.41, 5.74) is 1.82. The van der Waals surface area contributed by atoms with Crippen molar-refractivity contribution in [3.8, 4) is 0 Å². The Morgan fingerprint density at radius 2 is 2.07 bits per heavy atom. The quantitative estimate of drug-likeness (QED) is 0.782. The van der Waals surface area contributed by atoms with Crippen molar-refractivity contribution in [2.45, 2.75) is 37.7 Å². The van der Waals surface area contributed by atoms with Crippen LogP contribution < -0.4 is 4.90 Å². The van der Waals surface area contributed by atoms with E-state index in [1.807, 2.05) is 24.3 Å². The van der Waals surface area contributed by atoms with Crippen LogP contribution in [0.4, 0.5) is 10.1 Å². The van der Waals surface area contributed by atoms with Gasteiger partial charge in [0.25, 0.3) is 5.91 Å². The van der Waals surface area contributed by atoms with Gasteiger partial charge in [-0.15, -0.1) is 0 Å². The second kappa shape index (κ2) is 7.32. The summed E-state index contributed by atoms with van der Waals surface area (Å²) in [5.74, 6) is -1.32. The number of anilines is 1. The molecule has 1 aliphatic heterocycles. The standard InChI is InChI=1S/C23H22FNO3/c24-19-8-1-4-16(14-19)5-2-9-21(26)23(28)12-13-25(22(23)27)20-11-10-17-6-3-7-18(17)15-20/h1,3-4,7-8,10-11,14-15,28H,2,5-6,9,12-13H2/t23-/m0/s1. The van der Waals surface area contributed by atoms with Gasteiger partial charge in [0.05, 0.1) is 0 Å². The first-order chi connectivity index (χ1) is 13.5. The van der Waals surface area contributed by atoms with Crippen LogP contribution in [0.3, 0.4) is 0 Å². The SMILES string of the molecule is O=C(CCCc1cccc(F)c1)[C@@]1(O)CCN(c2ccc3c(c2)C=CC3)C1=O. The van der Waals surface area contributed by atoms with Crippen molar-refractivity contribution in [2.24, 2.45) is 0 Å². The lowest BCUT2D eigenvalue weighted by Gasteiger charge is -2.22. The Hall–Kier alpha value is -2.79. The van der Waals surface area contributed by atoms with Crippen LogP contribution in [0, 0.1) is 5.82 Å². The van der Waals surface area contributed by atoms with Crippen molar-refractivity contribution in [2.75, 3.05) is 11.4 Å². The van der Waals surface area contributed by atoms with Gasteiger partial charge in [-0.1, -0.05) is 30.4 Å². The molecule has 0 saturated carbocycles. The third kappa shape index (κ3) is 3.38. The fraction of sp³-hybridized carbons (Fsp3) is 0.304. The molecule has 5 heteroatoms. The number of amides is 1. The van der Waals surface area contributed by atoms with Gasteiger partial charge in [-0.3, -0.25) is 9.59 Å². The van der Waals surface area contributed by atoms with Gasteiger partial charge in [-0.25, -0.2) is 4.39 Å². The van der Waals surface area contributed by atoms with E-state index in [1.54, 1.807) is 12.1 Å². The number of fused-ring (bicyclic) bond motifs is 1. The molecule has 0 aromatic heterocycles. The third-order valence-electron chi connectivity index (χ3n) is 5.59. The molecule has 2 aromatic rings. The number of carbonyl (C=O) groups excluding carboxylic acids is 2. The highest BCUT2D eigenvalue weighted by Gasteiger charge is 2.50. The molecule has 28 heavy (non-hydrogen) atoms. The minimum absolute atomic E-state index is 0.0829. The second-order valence-corrected chi connectivity index (χ2v) is 7.46. The number of aryl methyl sites for hydroxylation is 1. The van der Waals surface area contributed by atoms with Gasteiger partial charge in [0.15, 0.2) is 5.78 Å². The van der Waals surface area contributed by atoms with Gasteiger partial charge in [-0.05, 0) is 60.2 Å². The molecule has 1 aliphatic carbocycles. The lowest BCUT2D eigenvalue weighted by molar-refractivity contribution is -0.147. The number of carbonyl (C=O) groups is 2. The summed E-state index contributed by atoms with van der Waals surface area (Å²) in [5, 5.41) is 10.8. The highest BCUT2D eigenvalue weighted by molar-refractivity contribution is 6.17. The van der Waals surface area contributed by atoms with E-state index in [2.05, 4.69) is 6.08 Å². The molecule has 1 N–H and O–H groups in total. The van der Waals surface area contributed by atoms with E-state index in [4.69, 9.17) is 0 Å². The van der Waals surface area contributed by atoms with Crippen molar-refractivity contribution in [1.29, 1.82) is 0 Å². The first-order valence-electron chi connectivity index (χ1n) is 9.59. The molecule has 1 amide bonds. The number of rotatable bonds is 6. The van der Waals surface area contributed by atoms with E-state index < -0.39 is 17.3 Å². The van der Waals surface area contributed by atoms with Crippen LogP contribution >= 0.6 is 0 Å². The minimum atomic E-state index is -1.96. The molecule has 2 aromatic carbocycles. The van der Waals surface area contributed by atoms with Crippen LogP contribution in [0.5, 0.6) is 0 Å². The molecule has 1 atom stereocenters. The van der Waals surface area contributed by atoms with Crippen molar-refractivity contribution in [1.82, 2.24) is 0 Å². The summed E-state index contributed by atoms with van der Waals surface area (Å²) >= 11 is 0. The predicted molar refractivity (Wildman–Crippen MR) is 105 cm³/mol. The van der Waals surface area contributed by atoms with E-state index in [9.17, 15) is 19.1 Å². The highest BCUT2D eigenvalue weighted by atomic mass is 19.1. The molecular formula is C23H22FNO3. The Kier molecular flexibility index (Phi) is 4.85.